The lowest BCUT2D eigenvalue weighted by atomic mass is 10.1. The fourth-order valence-electron chi connectivity index (χ4n) is 3.49. The highest BCUT2D eigenvalue weighted by Gasteiger charge is 2.25. The number of piperazine rings is 1. The van der Waals surface area contributed by atoms with Gasteiger partial charge < -0.3 is 19.3 Å². The van der Waals surface area contributed by atoms with Crippen molar-refractivity contribution in [3.05, 3.63) is 53.8 Å². The number of ketones is 1. The van der Waals surface area contributed by atoms with Crippen LogP contribution in [-0.2, 0) is 0 Å². The summed E-state index contributed by atoms with van der Waals surface area (Å²) >= 11 is 0. The topological polar surface area (TPSA) is 43.2 Å². The van der Waals surface area contributed by atoms with Crippen molar-refractivity contribution in [2.75, 3.05) is 50.8 Å². The van der Waals surface area contributed by atoms with Gasteiger partial charge in [-0.2, -0.15) is 0 Å². The van der Waals surface area contributed by atoms with Gasteiger partial charge in [0.1, 0.15) is 25.6 Å². The van der Waals surface area contributed by atoms with Crippen molar-refractivity contribution in [1.82, 2.24) is 0 Å². The Bertz CT molecular complexity index is 803. The van der Waals surface area contributed by atoms with Crippen LogP contribution in [0.5, 0.6) is 11.5 Å². The second-order valence-electron chi connectivity index (χ2n) is 6.65. The first-order valence-electron chi connectivity index (χ1n) is 8.96. The predicted octanol–water partition coefficient (Wildman–Crippen LogP) is 1.18. The van der Waals surface area contributed by atoms with Gasteiger partial charge in [-0.05, 0) is 30.3 Å². The van der Waals surface area contributed by atoms with Gasteiger partial charge >= 0.3 is 0 Å². The van der Waals surface area contributed by atoms with Gasteiger partial charge in [0.05, 0.1) is 31.9 Å². The second kappa shape index (κ2) is 7.33. The zero-order valence-electron chi connectivity index (χ0n) is 14.5. The largest absolute Gasteiger partial charge is 0.486 e. The van der Waals surface area contributed by atoms with Crippen molar-refractivity contribution in [2.45, 2.75) is 0 Å². The van der Waals surface area contributed by atoms with Gasteiger partial charge in [0, 0.05) is 5.56 Å². The average Bonchev–Trinajstić information content (AvgIpc) is 2.69. The van der Waals surface area contributed by atoms with E-state index in [1.807, 2.05) is 11.0 Å². The lowest BCUT2D eigenvalue weighted by Crippen LogP contribution is -3.15. The first-order valence-corrected chi connectivity index (χ1v) is 8.96. The molecule has 0 bridgehead atoms. The molecule has 1 fully saturated rings. The number of halogens is 1. The Labute approximate surface area is 151 Å². The lowest BCUT2D eigenvalue weighted by Gasteiger charge is -2.33. The standard InChI is InChI=1S/C20H21FN2O3/c21-16-3-1-2-4-17(16)23-9-7-22(8-10-23)14-18(24)15-5-6-19-20(13-15)26-12-11-25-19/h1-6,13H,7-12,14H2/p+1. The Morgan fingerprint density at radius 2 is 1.77 bits per heavy atom. The van der Waals surface area contributed by atoms with E-state index in [1.54, 1.807) is 30.3 Å². The van der Waals surface area contributed by atoms with E-state index in [4.69, 9.17) is 9.47 Å². The summed E-state index contributed by atoms with van der Waals surface area (Å²) in [6, 6.07) is 12.2. The second-order valence-corrected chi connectivity index (χ2v) is 6.65. The minimum absolute atomic E-state index is 0.0938. The monoisotopic (exact) mass is 357 g/mol. The molecule has 0 amide bonds. The number of para-hydroxylation sites is 1. The maximum absolute atomic E-state index is 13.9. The van der Waals surface area contributed by atoms with Crippen LogP contribution in [0.2, 0.25) is 0 Å². The third-order valence-corrected chi connectivity index (χ3v) is 4.94. The van der Waals surface area contributed by atoms with Gasteiger partial charge in [0.2, 0.25) is 5.78 Å². The summed E-state index contributed by atoms with van der Waals surface area (Å²) in [5.41, 5.74) is 1.29. The summed E-state index contributed by atoms with van der Waals surface area (Å²) < 4.78 is 25.0. The highest BCUT2D eigenvalue weighted by atomic mass is 19.1. The van der Waals surface area contributed by atoms with Crippen LogP contribution >= 0.6 is 0 Å². The molecule has 136 valence electrons. The number of quaternary nitrogens is 1. The van der Waals surface area contributed by atoms with Gasteiger partial charge in [0.25, 0.3) is 0 Å². The van der Waals surface area contributed by atoms with Crippen LogP contribution in [0.3, 0.4) is 0 Å². The van der Waals surface area contributed by atoms with E-state index >= 15 is 0 Å². The summed E-state index contributed by atoms with van der Waals surface area (Å²) in [5.74, 6) is 1.24. The summed E-state index contributed by atoms with van der Waals surface area (Å²) in [6.45, 7) is 4.58. The summed E-state index contributed by atoms with van der Waals surface area (Å²) in [7, 11) is 0. The Balaban J connectivity index is 1.35. The first kappa shape index (κ1) is 16.8. The zero-order chi connectivity index (χ0) is 17.9. The molecular weight excluding hydrogens is 335 g/mol. The third-order valence-electron chi connectivity index (χ3n) is 4.94. The highest BCUT2D eigenvalue weighted by molar-refractivity contribution is 5.97. The number of hydrogen-bond acceptors (Lipinski definition) is 4. The van der Waals surface area contributed by atoms with Crippen LogP contribution in [0, 0.1) is 5.82 Å². The van der Waals surface area contributed by atoms with Crippen molar-refractivity contribution in [3.8, 4) is 11.5 Å². The average molecular weight is 357 g/mol. The van der Waals surface area contributed by atoms with Gasteiger partial charge in [-0.25, -0.2) is 4.39 Å². The molecule has 6 heteroatoms. The number of fused-ring (bicyclic) bond motifs is 1. The Morgan fingerprint density at radius 3 is 2.54 bits per heavy atom. The number of carbonyl (C=O) groups is 1. The van der Waals surface area contributed by atoms with Crippen molar-refractivity contribution in [3.63, 3.8) is 0 Å². The maximum Gasteiger partial charge on any atom is 0.217 e. The van der Waals surface area contributed by atoms with Crippen molar-refractivity contribution in [2.24, 2.45) is 0 Å². The molecule has 2 heterocycles. The molecule has 4 rings (SSSR count). The van der Waals surface area contributed by atoms with E-state index in [0.29, 0.717) is 42.5 Å². The molecule has 26 heavy (non-hydrogen) atoms. The predicted molar refractivity (Wildman–Crippen MR) is 95.9 cm³/mol. The van der Waals surface area contributed by atoms with Crippen LogP contribution in [-0.4, -0.2) is 51.7 Å². The molecule has 0 aromatic heterocycles. The quantitative estimate of drug-likeness (QED) is 0.835. The van der Waals surface area contributed by atoms with E-state index in [0.717, 1.165) is 26.2 Å². The molecular formula is C20H22FN2O3+. The number of nitrogens with zero attached hydrogens (tertiary/aromatic N) is 1. The van der Waals surface area contributed by atoms with Crippen molar-refractivity contribution < 1.29 is 23.6 Å². The SMILES string of the molecule is O=C(C[NH+]1CCN(c2ccccc2F)CC1)c1ccc2c(c1)OCCO2. The minimum atomic E-state index is -0.191. The number of anilines is 1. The van der Waals surface area contributed by atoms with Crippen LogP contribution in [0.4, 0.5) is 10.1 Å². The van der Waals surface area contributed by atoms with Crippen LogP contribution in [0.15, 0.2) is 42.5 Å². The molecule has 0 aliphatic carbocycles. The summed E-state index contributed by atoms with van der Waals surface area (Å²) in [6.07, 6.45) is 0. The number of benzene rings is 2. The van der Waals surface area contributed by atoms with Crippen LogP contribution < -0.4 is 19.3 Å². The molecule has 0 unspecified atom stereocenters. The smallest absolute Gasteiger partial charge is 0.217 e. The minimum Gasteiger partial charge on any atom is -0.486 e. The molecule has 0 radical (unpaired) electrons. The van der Waals surface area contributed by atoms with E-state index < -0.39 is 0 Å². The van der Waals surface area contributed by atoms with E-state index in [9.17, 15) is 9.18 Å². The third kappa shape index (κ3) is 3.51. The molecule has 5 nitrogen and oxygen atoms in total. The first-order chi connectivity index (χ1) is 12.7. The number of rotatable bonds is 4. The summed E-state index contributed by atoms with van der Waals surface area (Å²) in [4.78, 5) is 15.9. The van der Waals surface area contributed by atoms with Crippen LogP contribution in [0.1, 0.15) is 10.4 Å². The Morgan fingerprint density at radius 1 is 1.04 bits per heavy atom. The molecule has 2 aromatic rings. The maximum atomic E-state index is 13.9. The molecule has 2 aromatic carbocycles. The molecule has 0 saturated carbocycles. The molecule has 1 saturated heterocycles. The van der Waals surface area contributed by atoms with E-state index in [-0.39, 0.29) is 11.6 Å². The fraction of sp³-hybridized carbons (Fsp3) is 0.350. The van der Waals surface area contributed by atoms with E-state index in [2.05, 4.69) is 0 Å². The van der Waals surface area contributed by atoms with Gasteiger partial charge in [-0.15, -0.1) is 0 Å². The molecule has 2 aliphatic heterocycles. The number of carbonyl (C=O) groups excluding carboxylic acids is 1. The molecule has 0 spiro atoms. The molecule has 1 N–H and O–H groups in total. The van der Waals surface area contributed by atoms with Gasteiger partial charge in [0.15, 0.2) is 11.5 Å². The number of hydrogen-bond donors (Lipinski definition) is 1. The number of ether oxygens (including phenoxy) is 2. The molecule has 2 aliphatic rings. The van der Waals surface area contributed by atoms with Gasteiger partial charge in [-0.1, -0.05) is 12.1 Å². The van der Waals surface area contributed by atoms with Crippen molar-refractivity contribution >= 4 is 11.5 Å². The zero-order valence-corrected chi connectivity index (χ0v) is 14.5. The van der Waals surface area contributed by atoms with Crippen LogP contribution in [0.25, 0.3) is 0 Å². The lowest BCUT2D eigenvalue weighted by molar-refractivity contribution is -0.892. The Hall–Kier alpha value is -2.60. The number of nitrogens with one attached hydrogen (secondary N) is 1. The Kier molecular flexibility index (Phi) is 4.75. The fourth-order valence-corrected chi connectivity index (χ4v) is 3.49. The van der Waals surface area contributed by atoms with Crippen molar-refractivity contribution in [1.29, 1.82) is 0 Å². The highest BCUT2D eigenvalue weighted by Crippen LogP contribution is 2.30. The molecule has 0 atom stereocenters. The summed E-state index contributed by atoms with van der Waals surface area (Å²) in [5, 5.41) is 0. The number of Topliss-reactive ketones (excluding diaryl/α,β-unsaturated/α-hetero) is 1. The normalized spacial score (nSPS) is 17.2. The van der Waals surface area contributed by atoms with E-state index in [1.165, 1.54) is 11.0 Å². The van der Waals surface area contributed by atoms with Gasteiger partial charge in [-0.3, -0.25) is 4.79 Å².